The quantitative estimate of drug-likeness (QED) is 0.177. The zero-order chi connectivity index (χ0) is 51.1. The minimum atomic E-state index is -0.252. The van der Waals surface area contributed by atoms with Gasteiger partial charge in [0.05, 0.1) is 10.4 Å². The number of hydrogen-bond donors (Lipinski definition) is 1. The Labute approximate surface area is 441 Å². The first-order valence-electron chi connectivity index (χ1n) is 27.8. The maximum absolute atomic E-state index is 4.24. The third kappa shape index (κ3) is 6.80. The Morgan fingerprint density at radius 1 is 0.534 bits per heavy atom. The lowest BCUT2D eigenvalue weighted by molar-refractivity contribution is 0.330. The van der Waals surface area contributed by atoms with Crippen molar-refractivity contribution in [2.45, 2.75) is 174 Å². The zero-order valence-corrected chi connectivity index (χ0v) is 47.1. The van der Waals surface area contributed by atoms with Crippen LogP contribution in [0.25, 0.3) is 42.4 Å². The van der Waals surface area contributed by atoms with E-state index in [1.165, 1.54) is 165 Å². The van der Waals surface area contributed by atoms with Gasteiger partial charge in [-0.1, -0.05) is 162 Å². The molecule has 0 amide bonds. The van der Waals surface area contributed by atoms with E-state index in [1.54, 1.807) is 5.56 Å². The number of thiophene rings is 1. The molecule has 1 atom stereocenters. The van der Waals surface area contributed by atoms with E-state index in [0.717, 1.165) is 7.28 Å². The van der Waals surface area contributed by atoms with Crippen molar-refractivity contribution < 1.29 is 0 Å². The van der Waals surface area contributed by atoms with Crippen LogP contribution in [-0.4, -0.2) is 7.28 Å². The summed E-state index contributed by atoms with van der Waals surface area (Å²) in [5.74, 6) is 0.529. The van der Waals surface area contributed by atoms with Gasteiger partial charge >= 0.3 is 0 Å². The predicted molar refractivity (Wildman–Crippen MR) is 319 cm³/mol. The molecule has 73 heavy (non-hydrogen) atoms. The molecule has 0 saturated carbocycles. The lowest BCUT2D eigenvalue weighted by Crippen LogP contribution is -2.43. The van der Waals surface area contributed by atoms with Crippen LogP contribution in [0.3, 0.4) is 0 Å². The largest absolute Gasteiger partial charge is 0.355 e. The molecule has 7 aromatic carbocycles. The molecule has 8 aromatic rings. The second kappa shape index (κ2) is 15.5. The first-order chi connectivity index (χ1) is 34.5. The van der Waals surface area contributed by atoms with Crippen LogP contribution >= 0.6 is 11.3 Å². The van der Waals surface area contributed by atoms with Gasteiger partial charge in [-0.15, -0.1) is 11.3 Å². The van der Waals surface area contributed by atoms with Gasteiger partial charge in [0.25, 0.3) is 0 Å². The number of nitrogens with zero attached hydrogens (tertiary/aromatic N) is 1. The van der Waals surface area contributed by atoms with Crippen molar-refractivity contribution in [1.29, 1.82) is 0 Å². The highest BCUT2D eigenvalue weighted by Gasteiger charge is 2.46. The second-order valence-corrected chi connectivity index (χ2v) is 28.3. The van der Waals surface area contributed by atoms with E-state index in [1.807, 2.05) is 11.3 Å². The van der Waals surface area contributed by atoms with Gasteiger partial charge in [-0.3, -0.25) is 0 Å². The van der Waals surface area contributed by atoms with Gasteiger partial charge in [-0.05, 0) is 193 Å². The SMILES string of the molecule is Cc1c(N2c3c(c(-c4cc5c(cc4Nc4ccc6c(c4)C(C)CCC6(C)C)C(C)(C)CCC5(C)C)cc4c3C(C)(C)c3ccccc3-4)Bc3ccc4c(sc5ccccc54)c32)ccc2c1C(C)(C)CCC2(C)C. The zero-order valence-electron chi connectivity index (χ0n) is 46.3. The predicted octanol–water partition coefficient (Wildman–Crippen LogP) is 18.1. The van der Waals surface area contributed by atoms with Crippen molar-refractivity contribution in [3.05, 3.63) is 159 Å². The Bertz CT molecular complexity index is 3680. The standard InChI is InChI=1S/C69H75BN2S/c1-39-29-30-64(3,4)49-25-23-41(35-45(39)49)71-55-38-53-52(66(7,8)31-32-67(53,9)10)37-46(55)48-36-47-42-19-15-17-21-50(42)69(13,14)59(47)62-60(48)70-54-27-24-44-43-20-16-18-22-57(43)73-63(44)61(54)72(62)56-28-26-51-58(40(56)2)68(11,12)34-33-65(51,5)6/h15-28,35-39,70-71H,29-34H2,1-14H3. The third-order valence-corrected chi connectivity index (χ3v) is 21.1. The van der Waals surface area contributed by atoms with Crippen LogP contribution in [0.2, 0.25) is 0 Å². The summed E-state index contributed by atoms with van der Waals surface area (Å²) in [5, 5.41) is 6.95. The fourth-order valence-electron chi connectivity index (χ4n) is 15.3. The Hall–Kier alpha value is -5.58. The van der Waals surface area contributed by atoms with Crippen molar-refractivity contribution in [2.24, 2.45) is 0 Å². The minimum Gasteiger partial charge on any atom is -0.355 e. The molecule has 0 radical (unpaired) electrons. The normalized spacial score (nSPS) is 20.7. The summed E-state index contributed by atoms with van der Waals surface area (Å²) in [6.45, 7) is 34.7. The summed E-state index contributed by atoms with van der Waals surface area (Å²) in [6, 6.07) is 43.7. The highest BCUT2D eigenvalue weighted by molar-refractivity contribution is 7.26. The van der Waals surface area contributed by atoms with Gasteiger partial charge in [0.2, 0.25) is 0 Å². The van der Waals surface area contributed by atoms with Gasteiger partial charge in [0.15, 0.2) is 7.28 Å². The molecule has 2 nitrogen and oxygen atoms in total. The molecule has 1 aromatic heterocycles. The maximum Gasteiger partial charge on any atom is 0.198 e. The number of fused-ring (bicyclic) bond motifs is 13. The maximum atomic E-state index is 4.24. The molecular weight excluding hydrogens is 900 g/mol. The molecule has 4 aliphatic carbocycles. The smallest absolute Gasteiger partial charge is 0.198 e. The molecule has 370 valence electrons. The van der Waals surface area contributed by atoms with E-state index in [-0.39, 0.29) is 32.5 Å². The fraction of sp³-hybridized carbons (Fsp3) is 0.391. The highest BCUT2D eigenvalue weighted by Crippen LogP contribution is 2.59. The first-order valence-corrected chi connectivity index (χ1v) is 28.6. The molecule has 1 aliphatic heterocycles. The van der Waals surface area contributed by atoms with Crippen molar-refractivity contribution in [2.75, 3.05) is 10.2 Å². The molecule has 0 bridgehead atoms. The number of benzene rings is 7. The summed E-state index contributed by atoms with van der Waals surface area (Å²) in [7, 11) is 0.847. The van der Waals surface area contributed by atoms with Crippen LogP contribution in [0.4, 0.5) is 28.4 Å². The van der Waals surface area contributed by atoms with Gasteiger partial charge in [0, 0.05) is 49.2 Å². The highest BCUT2D eigenvalue weighted by atomic mass is 32.1. The van der Waals surface area contributed by atoms with Crippen LogP contribution in [-0.2, 0) is 32.5 Å². The molecule has 0 fully saturated rings. The van der Waals surface area contributed by atoms with Crippen LogP contribution in [0.5, 0.6) is 0 Å². The van der Waals surface area contributed by atoms with Crippen molar-refractivity contribution >= 4 is 78.2 Å². The monoisotopic (exact) mass is 975 g/mol. The lowest BCUT2D eigenvalue weighted by Gasteiger charge is -2.45. The van der Waals surface area contributed by atoms with Crippen LogP contribution < -0.4 is 21.1 Å². The summed E-state index contributed by atoms with van der Waals surface area (Å²) >= 11 is 1.98. The van der Waals surface area contributed by atoms with E-state index >= 15 is 0 Å². The summed E-state index contributed by atoms with van der Waals surface area (Å²) in [6.07, 6.45) is 7.16. The molecular formula is C69H75BN2S. The van der Waals surface area contributed by atoms with E-state index in [4.69, 9.17) is 0 Å². The molecule has 2 heterocycles. The molecule has 1 N–H and O–H groups in total. The van der Waals surface area contributed by atoms with E-state index in [9.17, 15) is 0 Å². The molecule has 5 aliphatic rings. The fourth-order valence-corrected chi connectivity index (χ4v) is 16.5. The van der Waals surface area contributed by atoms with Gasteiger partial charge in [-0.2, -0.15) is 0 Å². The van der Waals surface area contributed by atoms with Crippen molar-refractivity contribution in [3.8, 4) is 22.3 Å². The number of nitrogens with one attached hydrogen (secondary N) is 1. The van der Waals surface area contributed by atoms with Crippen LogP contribution in [0.15, 0.2) is 109 Å². The van der Waals surface area contributed by atoms with Crippen LogP contribution in [0, 0.1) is 6.92 Å². The molecule has 0 spiro atoms. The Morgan fingerprint density at radius 3 is 1.96 bits per heavy atom. The van der Waals surface area contributed by atoms with Crippen molar-refractivity contribution in [1.82, 2.24) is 0 Å². The Morgan fingerprint density at radius 2 is 1.19 bits per heavy atom. The van der Waals surface area contributed by atoms with Gasteiger partial charge in [0.1, 0.15) is 0 Å². The van der Waals surface area contributed by atoms with E-state index in [2.05, 4.69) is 216 Å². The number of anilines is 5. The average molecular weight is 975 g/mol. The van der Waals surface area contributed by atoms with Crippen LogP contribution in [0.1, 0.15) is 185 Å². The minimum absolute atomic E-state index is 0.0303. The first kappa shape index (κ1) is 47.2. The molecule has 4 heteroatoms. The van der Waals surface area contributed by atoms with Gasteiger partial charge < -0.3 is 10.2 Å². The van der Waals surface area contributed by atoms with Gasteiger partial charge in [-0.25, -0.2) is 0 Å². The molecule has 13 rings (SSSR count). The topological polar surface area (TPSA) is 15.3 Å². The lowest BCUT2D eigenvalue weighted by atomic mass is 9.56. The molecule has 1 unspecified atom stereocenters. The van der Waals surface area contributed by atoms with Crippen molar-refractivity contribution in [3.63, 3.8) is 0 Å². The van der Waals surface area contributed by atoms with E-state index < -0.39 is 0 Å². The average Bonchev–Trinajstić information content (AvgIpc) is 3.84. The Kier molecular flexibility index (Phi) is 10.0. The summed E-state index contributed by atoms with van der Waals surface area (Å²) in [5.41, 5.74) is 28.2. The number of rotatable bonds is 4. The Balaban J connectivity index is 1.16. The van der Waals surface area contributed by atoms with E-state index in [0.29, 0.717) is 5.92 Å². The molecule has 0 saturated heterocycles. The third-order valence-electron chi connectivity index (χ3n) is 19.9. The summed E-state index contributed by atoms with van der Waals surface area (Å²) < 4.78 is 2.74. The summed E-state index contributed by atoms with van der Waals surface area (Å²) in [4.78, 5) is 2.83. The number of hydrogen-bond acceptors (Lipinski definition) is 3. The second-order valence-electron chi connectivity index (χ2n) is 27.3.